The molecule has 0 amide bonds. The average Bonchev–Trinajstić information content (AvgIpc) is 1.54. The van der Waals surface area contributed by atoms with Gasteiger partial charge in [0.25, 0.3) is 0 Å². The van der Waals surface area contributed by atoms with Crippen molar-refractivity contribution in [2.75, 3.05) is 0 Å². The fourth-order valence-corrected chi connectivity index (χ4v) is 11.9. The van der Waals surface area contributed by atoms with Gasteiger partial charge in [-0.3, -0.25) is 9.97 Å². The minimum Gasteiger partial charge on any atom is -0.449 e. The van der Waals surface area contributed by atoms with Crippen LogP contribution in [0.1, 0.15) is 320 Å². The summed E-state index contributed by atoms with van der Waals surface area (Å²) >= 11 is 9.83. The molecule has 0 aliphatic carbocycles. The second kappa shape index (κ2) is 62.0. The minimum atomic E-state index is -0.0265. The van der Waals surface area contributed by atoms with Crippen LogP contribution < -0.4 is 154 Å². The molecule has 0 saturated heterocycles. The van der Waals surface area contributed by atoms with E-state index < -0.39 is 0 Å². The first-order valence-corrected chi connectivity index (χ1v) is 44.0. The molecule has 0 aliphatic heterocycles. The largest absolute Gasteiger partial charge is 1.00 e. The van der Waals surface area contributed by atoms with Gasteiger partial charge in [0.05, 0.1) is 43.1 Å². The normalized spacial score (nSPS) is 10.8. The van der Waals surface area contributed by atoms with Gasteiger partial charge in [-0.1, -0.05) is 302 Å². The molecule has 0 spiro atoms. The molecule has 120 heavy (non-hydrogen) atoms. The van der Waals surface area contributed by atoms with Crippen LogP contribution in [0.25, 0.3) is 31.5 Å². The van der Waals surface area contributed by atoms with Gasteiger partial charge in [-0.2, -0.15) is 13.7 Å². The number of benzene rings is 2. The first-order valence-electron chi connectivity index (χ1n) is 39.1. The van der Waals surface area contributed by atoms with E-state index in [9.17, 15) is 0 Å². The van der Waals surface area contributed by atoms with E-state index in [1.165, 1.54) is 43.2 Å². The molecule has 11 heterocycles. The van der Waals surface area contributed by atoms with Gasteiger partial charge in [-0.05, 0) is 98.0 Å². The average molecular weight is 1840 g/mol. The smallest absolute Gasteiger partial charge is 0.449 e. The van der Waals surface area contributed by atoms with E-state index in [2.05, 4.69) is 312 Å². The third kappa shape index (κ3) is 60.4. The summed E-state index contributed by atoms with van der Waals surface area (Å²) in [4.78, 5) is 47.7. The van der Waals surface area contributed by atoms with E-state index in [1.54, 1.807) is 83.4 Å². The molecule has 656 valence electrons. The molecule has 26 heteroatoms. The van der Waals surface area contributed by atoms with Crippen molar-refractivity contribution < 1.29 is 168 Å². The van der Waals surface area contributed by atoms with Crippen LogP contribution in [-0.4, -0.2) is 68.7 Å². The molecule has 0 fully saturated rings. The number of oxazole rings is 2. The molecule has 0 aliphatic rings. The number of rotatable bonds is 0. The summed E-state index contributed by atoms with van der Waals surface area (Å²) in [5, 5.41) is 15.8. The Morgan fingerprint density at radius 2 is 0.792 bits per heavy atom. The number of thiazole rings is 4. The maximum Gasteiger partial charge on any atom is 1.00 e. The van der Waals surface area contributed by atoms with Gasteiger partial charge in [-0.25, -0.2) is 39.9 Å². The zero-order valence-corrected chi connectivity index (χ0v) is 97.8. The molecule has 2 aromatic carbocycles. The van der Waals surface area contributed by atoms with Crippen LogP contribution in [-0.2, 0) is 43.3 Å². The Morgan fingerprint density at radius 1 is 0.325 bits per heavy atom. The maximum absolute atomic E-state index is 5.09. The molecule has 0 atom stereocenters. The van der Waals surface area contributed by atoms with E-state index in [4.69, 9.17) is 13.4 Å². The van der Waals surface area contributed by atoms with Crippen molar-refractivity contribution in [1.29, 1.82) is 0 Å². The number of hydrogen-bond donors (Lipinski definition) is 0. The van der Waals surface area contributed by atoms with Crippen LogP contribution in [0.2, 0.25) is 0 Å². The summed E-state index contributed by atoms with van der Waals surface area (Å²) in [6.45, 7) is 86.3. The predicted molar refractivity (Wildman–Crippen MR) is 516 cm³/mol. The first-order chi connectivity index (χ1) is 52.2. The topological polar surface area (TPSA) is 220 Å². The Kier molecular flexibility index (Phi) is 67.5. The number of hydrogen-bond acceptors (Lipinski definition) is 23. The van der Waals surface area contributed by atoms with E-state index in [0.717, 1.165) is 70.5 Å². The van der Waals surface area contributed by atoms with Gasteiger partial charge in [0, 0.05) is 90.7 Å². The van der Waals surface area contributed by atoms with Crippen molar-refractivity contribution in [1.82, 2.24) is 68.7 Å². The molecule has 11 aromatic heterocycles. The van der Waals surface area contributed by atoms with E-state index in [-0.39, 0.29) is 220 Å². The second-order valence-corrected chi connectivity index (χ2v) is 43.1. The van der Waals surface area contributed by atoms with Crippen molar-refractivity contribution in [3.05, 3.63) is 220 Å². The number of aryl methyl sites for hydroxylation is 5. The summed E-state index contributed by atoms with van der Waals surface area (Å²) in [7, 11) is 0. The molecule has 0 radical (unpaired) electrons. The third-order valence-corrected chi connectivity index (χ3v) is 19.5. The van der Waals surface area contributed by atoms with Crippen LogP contribution in [0, 0.1) is 67.7 Å². The predicted octanol–water partition coefficient (Wildman–Crippen LogP) is 21.4. The molecule has 0 unspecified atom stereocenters. The summed E-state index contributed by atoms with van der Waals surface area (Å²) in [5.74, 6) is 4.75. The van der Waals surface area contributed by atoms with E-state index >= 15 is 0 Å². The fourth-order valence-electron chi connectivity index (χ4n) is 7.35. The van der Waals surface area contributed by atoms with Crippen LogP contribution in [0.5, 0.6) is 0 Å². The summed E-state index contributed by atoms with van der Waals surface area (Å²) in [6, 6.07) is 24.7. The van der Waals surface area contributed by atoms with Crippen molar-refractivity contribution in [3.8, 4) is 0 Å². The Bertz CT molecular complexity index is 4220. The van der Waals surface area contributed by atoms with Gasteiger partial charge >= 0.3 is 154 Å². The quantitative estimate of drug-likeness (QED) is 0.102. The number of para-hydroxylation sites is 2. The van der Waals surface area contributed by atoms with Crippen LogP contribution in [0.4, 0.5) is 0 Å². The third-order valence-electron chi connectivity index (χ3n) is 12.9. The number of fused-ring (bicyclic) bond motifs is 3. The van der Waals surface area contributed by atoms with Gasteiger partial charge in [0.15, 0.2) is 17.6 Å². The van der Waals surface area contributed by atoms with Crippen molar-refractivity contribution in [2.45, 2.75) is 327 Å². The summed E-state index contributed by atoms with van der Waals surface area (Å²) in [6.07, 6.45) is 11.9. The molecule has 13 aromatic rings. The van der Waals surface area contributed by atoms with Crippen LogP contribution >= 0.6 is 68.4 Å². The van der Waals surface area contributed by atoms with Gasteiger partial charge in [-0.15, -0.1) is 34.0 Å². The number of pyridine rings is 2. The zero-order chi connectivity index (χ0) is 88.1. The molecule has 13 rings (SSSR count). The Balaban J connectivity index is -0.000000233. The maximum atomic E-state index is 5.09. The second-order valence-electron chi connectivity index (χ2n) is 37.4. The zero-order valence-electron chi connectivity index (χ0n) is 83.6. The molecule has 0 saturated carbocycles. The number of nitrogens with zero attached hydrogens (tertiary/aromatic N) is 14. The first kappa shape index (κ1) is 131. The standard InChI is InChI=1S/C13H15N.C11H13NS.C10H12N2S.C7H12N2O.2C7H12N2S.C7H11NO.C7H11NS.2C5H12.C4H5NO.C4H5NS.2C2H6.3CH3.3K/c1-13(2,3)12-9-8-10-6-4-5-7-11(10)14-12;1-11(2,3)10-12-8-6-4-5-7-9(8)13-10;1-10(2,3)9-12-7-5-4-6-11-8(7)13-9;1-5-8-6(10-9-5)7(2,3)4;1-5-8-6(9-10-5)7(2,3)4;1-5-8-6(10-9-5)7(2,3)4;2*1-7(2,3)6-8-4-5-9-6;2*1-5(2,3)4;2*1-4-5-2-3-6-4;2*1-2;;;;;;/h4-9H,1-3H3;4-7H,1-3H3;4-6H,1-3H3;3*1-4H3;2*4-5H,1-3H3;2*1-4H3;2*2-3H,1H3;2*1-2H3;3*1H3;;;/q;;;;;;;;;;;;;;3*-1;3*+1. The molecule has 0 N–H and O–H groups in total. The molecule has 17 nitrogen and oxygen atoms in total. The number of aromatic nitrogens is 14. The van der Waals surface area contributed by atoms with Gasteiger partial charge in [0.1, 0.15) is 49.5 Å². The fraction of sp³-hybridized carbons (Fsp3) is 0.543. The van der Waals surface area contributed by atoms with Crippen molar-refractivity contribution in [3.63, 3.8) is 0 Å². The van der Waals surface area contributed by atoms with E-state index in [0.29, 0.717) is 22.5 Å². The van der Waals surface area contributed by atoms with Crippen molar-refractivity contribution in [2.24, 2.45) is 10.8 Å². The van der Waals surface area contributed by atoms with Crippen LogP contribution in [0.3, 0.4) is 0 Å². The minimum absolute atomic E-state index is 0. The summed E-state index contributed by atoms with van der Waals surface area (Å²) in [5.41, 5.74) is 6.31. The Morgan fingerprint density at radius 3 is 1.10 bits per heavy atom. The SMILES string of the molecule is CC.CC.CC(C)(C)C.CC(C)(C)C.CC(C)(C)c1ccc2ccccc2n1.CC(C)(C)c1nc2ccccc2s1.CC(C)(C)c1nc2cccnc2s1.CC(C)(C)c1ncco1.CC(C)(C)c1nccs1.Cc1nc(C(C)(C)C)ns1.Cc1ncco1.Cc1nccs1.Cc1noc(C(C)(C)C)n1.Cc1nsc(C(C)(C)C)n1.[CH3-].[CH3-].[CH3-].[K+].[K+].[K+]. The monoisotopic (exact) mass is 1830 g/mol. The Hall–Kier alpha value is -2.37. The summed E-state index contributed by atoms with van der Waals surface area (Å²) < 4.78 is 24.4. The van der Waals surface area contributed by atoms with Gasteiger partial charge < -0.3 is 35.6 Å². The van der Waals surface area contributed by atoms with Crippen LogP contribution in [0.15, 0.2) is 140 Å². The molecular weight excluding hydrogens is 1680 g/mol. The molecular formula is C94H153K3N14O3S6. The van der Waals surface area contributed by atoms with Gasteiger partial charge in [0.2, 0.25) is 5.89 Å². The Labute approximate surface area is 881 Å². The van der Waals surface area contributed by atoms with E-state index in [1.807, 2.05) is 130 Å². The molecule has 0 bridgehead atoms. The van der Waals surface area contributed by atoms with Crippen molar-refractivity contribution >= 4 is 99.9 Å².